The molecule has 0 saturated carbocycles. The summed E-state index contributed by atoms with van der Waals surface area (Å²) >= 11 is 0. The van der Waals surface area contributed by atoms with Crippen LogP contribution in [-0.4, -0.2) is 53.0 Å². The van der Waals surface area contributed by atoms with Crippen molar-refractivity contribution < 1.29 is 9.18 Å². The van der Waals surface area contributed by atoms with Crippen molar-refractivity contribution in [2.45, 2.75) is 51.5 Å². The average molecular weight is 348 g/mol. The molecule has 0 aromatic carbocycles. The van der Waals surface area contributed by atoms with E-state index in [1.807, 2.05) is 0 Å². The number of carbonyl (C=O) groups excluding carboxylic acids is 1. The Morgan fingerprint density at radius 1 is 1.28 bits per heavy atom. The zero-order valence-electron chi connectivity index (χ0n) is 15.1. The number of halogens is 1. The molecule has 2 aliphatic heterocycles. The molecule has 5 nitrogen and oxygen atoms in total. The van der Waals surface area contributed by atoms with Gasteiger partial charge in [-0.2, -0.15) is 0 Å². The zero-order valence-corrected chi connectivity index (χ0v) is 15.1. The predicted octanol–water partition coefficient (Wildman–Crippen LogP) is 3.73. The maximum absolute atomic E-state index is 13.6. The summed E-state index contributed by atoms with van der Waals surface area (Å²) < 4.78 is 13.6. The number of amides is 2. The second kappa shape index (κ2) is 8.61. The van der Waals surface area contributed by atoms with Gasteiger partial charge in [-0.15, -0.1) is 0 Å². The van der Waals surface area contributed by atoms with Gasteiger partial charge in [0.1, 0.15) is 0 Å². The SMILES string of the molecule is C[C@H]1CCCCN1CCC1CCN(C(=O)Nc2ccncc2F)CC1. The Morgan fingerprint density at radius 3 is 2.80 bits per heavy atom. The van der Waals surface area contributed by atoms with Crippen LogP contribution in [0.5, 0.6) is 0 Å². The highest BCUT2D eigenvalue weighted by Gasteiger charge is 2.25. The number of likely N-dealkylation sites (tertiary alicyclic amines) is 2. The normalized spacial score (nSPS) is 22.8. The molecule has 138 valence electrons. The molecule has 2 saturated heterocycles. The van der Waals surface area contributed by atoms with Crippen LogP contribution in [0.15, 0.2) is 18.5 Å². The summed E-state index contributed by atoms with van der Waals surface area (Å²) in [6.07, 6.45) is 9.90. The van der Waals surface area contributed by atoms with Crippen LogP contribution < -0.4 is 5.32 Å². The topological polar surface area (TPSA) is 48.5 Å². The molecular formula is C19H29FN4O. The highest BCUT2D eigenvalue weighted by molar-refractivity contribution is 5.89. The van der Waals surface area contributed by atoms with Gasteiger partial charge in [0.25, 0.3) is 0 Å². The molecule has 25 heavy (non-hydrogen) atoms. The molecule has 1 atom stereocenters. The third-order valence-corrected chi connectivity index (χ3v) is 5.68. The summed E-state index contributed by atoms with van der Waals surface area (Å²) in [5.41, 5.74) is 0.196. The molecule has 1 aromatic heterocycles. The van der Waals surface area contributed by atoms with E-state index >= 15 is 0 Å². The van der Waals surface area contributed by atoms with Crippen molar-refractivity contribution in [2.75, 3.05) is 31.5 Å². The van der Waals surface area contributed by atoms with E-state index < -0.39 is 5.82 Å². The lowest BCUT2D eigenvalue weighted by Gasteiger charge is -2.36. The Hall–Kier alpha value is -1.69. The second-order valence-electron chi connectivity index (χ2n) is 7.39. The molecule has 2 amide bonds. The number of anilines is 1. The van der Waals surface area contributed by atoms with E-state index in [9.17, 15) is 9.18 Å². The van der Waals surface area contributed by atoms with Gasteiger partial charge in [0.15, 0.2) is 5.82 Å². The molecule has 1 aromatic rings. The lowest BCUT2D eigenvalue weighted by molar-refractivity contribution is 0.134. The third-order valence-electron chi connectivity index (χ3n) is 5.68. The number of nitrogens with zero attached hydrogens (tertiary/aromatic N) is 3. The number of rotatable bonds is 4. The quantitative estimate of drug-likeness (QED) is 0.902. The molecule has 1 N–H and O–H groups in total. The Morgan fingerprint density at radius 2 is 2.08 bits per heavy atom. The molecule has 0 bridgehead atoms. The molecular weight excluding hydrogens is 319 g/mol. The fraction of sp³-hybridized carbons (Fsp3) is 0.684. The summed E-state index contributed by atoms with van der Waals surface area (Å²) in [7, 11) is 0. The maximum Gasteiger partial charge on any atom is 0.321 e. The monoisotopic (exact) mass is 348 g/mol. The van der Waals surface area contributed by atoms with Gasteiger partial charge in [-0.05, 0) is 64.1 Å². The zero-order chi connectivity index (χ0) is 17.6. The number of pyridine rings is 1. The molecule has 2 aliphatic rings. The number of carbonyl (C=O) groups is 1. The highest BCUT2D eigenvalue weighted by Crippen LogP contribution is 2.24. The van der Waals surface area contributed by atoms with Crippen molar-refractivity contribution in [1.29, 1.82) is 0 Å². The van der Waals surface area contributed by atoms with Gasteiger partial charge in [0, 0.05) is 25.3 Å². The fourth-order valence-electron chi connectivity index (χ4n) is 3.93. The molecule has 2 fully saturated rings. The van der Waals surface area contributed by atoms with Crippen LogP contribution >= 0.6 is 0 Å². The van der Waals surface area contributed by atoms with Gasteiger partial charge in [0.05, 0.1) is 11.9 Å². The predicted molar refractivity (Wildman–Crippen MR) is 97.0 cm³/mol. The maximum atomic E-state index is 13.6. The molecule has 0 aliphatic carbocycles. The first-order valence-electron chi connectivity index (χ1n) is 9.53. The Balaban J connectivity index is 1.41. The van der Waals surface area contributed by atoms with E-state index in [1.165, 1.54) is 51.0 Å². The third kappa shape index (κ3) is 4.91. The minimum Gasteiger partial charge on any atom is -0.325 e. The van der Waals surface area contributed by atoms with Crippen LogP contribution in [0, 0.1) is 11.7 Å². The molecule has 3 rings (SSSR count). The minimum absolute atomic E-state index is 0.196. The van der Waals surface area contributed by atoms with Crippen molar-refractivity contribution in [2.24, 2.45) is 5.92 Å². The van der Waals surface area contributed by atoms with Crippen molar-refractivity contribution in [3.63, 3.8) is 0 Å². The molecule has 0 unspecified atom stereocenters. The van der Waals surface area contributed by atoms with Crippen molar-refractivity contribution in [1.82, 2.24) is 14.8 Å². The van der Waals surface area contributed by atoms with Gasteiger partial charge < -0.3 is 15.1 Å². The number of urea groups is 1. The first-order chi connectivity index (χ1) is 12.1. The summed E-state index contributed by atoms with van der Waals surface area (Å²) in [4.78, 5) is 20.4. The molecule has 0 radical (unpaired) electrons. The Bertz CT molecular complexity index is 574. The largest absolute Gasteiger partial charge is 0.325 e. The molecule has 0 spiro atoms. The number of hydrogen-bond donors (Lipinski definition) is 1. The van der Waals surface area contributed by atoms with E-state index in [4.69, 9.17) is 0 Å². The van der Waals surface area contributed by atoms with Gasteiger partial charge in [-0.1, -0.05) is 6.42 Å². The van der Waals surface area contributed by atoms with Crippen LogP contribution in [0.4, 0.5) is 14.9 Å². The van der Waals surface area contributed by atoms with Gasteiger partial charge in [0.2, 0.25) is 0 Å². The van der Waals surface area contributed by atoms with Crippen LogP contribution in [-0.2, 0) is 0 Å². The Labute approximate surface area is 149 Å². The lowest BCUT2D eigenvalue weighted by Crippen LogP contribution is -2.42. The molecule has 3 heterocycles. The number of nitrogens with one attached hydrogen (secondary N) is 1. The van der Waals surface area contributed by atoms with E-state index in [-0.39, 0.29) is 11.7 Å². The summed E-state index contributed by atoms with van der Waals surface area (Å²) in [6.45, 7) is 6.25. The standard InChI is InChI=1S/C19H29FN4O/c1-15-4-2-3-10-23(15)11-6-16-7-12-24(13-8-16)19(25)22-18-5-9-21-14-17(18)20/h5,9,14-16H,2-4,6-8,10-13H2,1H3,(H,21,22,25)/t15-/m0/s1. The van der Waals surface area contributed by atoms with Crippen LogP contribution in [0.1, 0.15) is 45.4 Å². The van der Waals surface area contributed by atoms with Crippen molar-refractivity contribution >= 4 is 11.7 Å². The fourth-order valence-corrected chi connectivity index (χ4v) is 3.93. The van der Waals surface area contributed by atoms with E-state index in [1.54, 1.807) is 4.90 Å². The van der Waals surface area contributed by atoms with Crippen molar-refractivity contribution in [3.05, 3.63) is 24.3 Å². The first kappa shape index (κ1) is 18.1. The molecule has 6 heteroatoms. The smallest absolute Gasteiger partial charge is 0.321 e. The average Bonchev–Trinajstić information content (AvgIpc) is 2.63. The van der Waals surface area contributed by atoms with Gasteiger partial charge in [-0.25, -0.2) is 9.18 Å². The summed E-state index contributed by atoms with van der Waals surface area (Å²) in [6, 6.07) is 1.99. The van der Waals surface area contributed by atoms with E-state index in [0.717, 1.165) is 38.2 Å². The van der Waals surface area contributed by atoms with Crippen LogP contribution in [0.25, 0.3) is 0 Å². The van der Waals surface area contributed by atoms with Gasteiger partial charge in [-0.3, -0.25) is 4.98 Å². The number of piperidine rings is 2. The van der Waals surface area contributed by atoms with Crippen LogP contribution in [0.2, 0.25) is 0 Å². The summed E-state index contributed by atoms with van der Waals surface area (Å²) in [5, 5.41) is 2.65. The number of aromatic nitrogens is 1. The lowest BCUT2D eigenvalue weighted by atomic mass is 9.92. The highest BCUT2D eigenvalue weighted by atomic mass is 19.1. The summed E-state index contributed by atoms with van der Waals surface area (Å²) in [5.74, 6) is 0.192. The van der Waals surface area contributed by atoms with Gasteiger partial charge >= 0.3 is 6.03 Å². The van der Waals surface area contributed by atoms with E-state index in [2.05, 4.69) is 22.1 Å². The first-order valence-corrected chi connectivity index (χ1v) is 9.53. The Kier molecular flexibility index (Phi) is 6.24. The second-order valence-corrected chi connectivity index (χ2v) is 7.39. The van der Waals surface area contributed by atoms with E-state index in [0.29, 0.717) is 5.92 Å². The number of hydrogen-bond acceptors (Lipinski definition) is 3. The minimum atomic E-state index is -0.499. The van der Waals surface area contributed by atoms with Crippen LogP contribution in [0.3, 0.4) is 0 Å². The van der Waals surface area contributed by atoms with Crippen molar-refractivity contribution in [3.8, 4) is 0 Å².